The number of aliphatic hydroxyl groups excluding tert-OH is 1. The van der Waals surface area contributed by atoms with Gasteiger partial charge in [0.2, 0.25) is 0 Å². The Balaban J connectivity index is 2.75. The third kappa shape index (κ3) is 5.85. The van der Waals surface area contributed by atoms with Crippen LogP contribution < -0.4 is 10.6 Å². The van der Waals surface area contributed by atoms with Crippen LogP contribution in [0.1, 0.15) is 25.3 Å². The number of carbonyl (C=O) groups excluding carboxylic acids is 2. The van der Waals surface area contributed by atoms with Crippen molar-refractivity contribution >= 4 is 17.5 Å². The maximum absolute atomic E-state index is 13.5. The number of halogens is 4. The maximum Gasteiger partial charge on any atom is 0.416 e. The highest BCUT2D eigenvalue weighted by atomic mass is 19.4. The molecule has 1 atom stereocenters. The van der Waals surface area contributed by atoms with Gasteiger partial charge in [0.1, 0.15) is 5.82 Å². The van der Waals surface area contributed by atoms with E-state index < -0.39 is 41.1 Å². The Hall–Kier alpha value is -2.16. The molecule has 1 rings (SSSR count). The number of hydrogen-bond donors (Lipinski definition) is 3. The van der Waals surface area contributed by atoms with E-state index in [1.807, 2.05) is 5.32 Å². The normalized spacial score (nSPS) is 12.6. The summed E-state index contributed by atoms with van der Waals surface area (Å²) in [6.45, 7) is 1.51. The van der Waals surface area contributed by atoms with Gasteiger partial charge in [-0.1, -0.05) is 0 Å². The highest BCUT2D eigenvalue weighted by molar-refractivity contribution is 6.39. The van der Waals surface area contributed by atoms with Crippen molar-refractivity contribution in [3.63, 3.8) is 0 Å². The van der Waals surface area contributed by atoms with Crippen LogP contribution in [-0.4, -0.2) is 29.6 Å². The Morgan fingerprint density at radius 2 is 1.91 bits per heavy atom. The minimum absolute atomic E-state index is 0.0815. The van der Waals surface area contributed by atoms with E-state index in [4.69, 9.17) is 5.11 Å². The molecule has 0 fully saturated rings. The predicted molar refractivity (Wildman–Crippen MR) is 74.0 cm³/mol. The second-order valence-electron chi connectivity index (χ2n) is 4.89. The lowest BCUT2D eigenvalue weighted by Crippen LogP contribution is -2.40. The monoisotopic (exact) mass is 336 g/mol. The molecule has 0 aliphatic carbocycles. The summed E-state index contributed by atoms with van der Waals surface area (Å²) >= 11 is 0. The average Bonchev–Trinajstić information content (AvgIpc) is 2.46. The molecule has 5 nitrogen and oxygen atoms in total. The molecule has 0 saturated carbocycles. The number of carbonyl (C=O) groups is 2. The van der Waals surface area contributed by atoms with Gasteiger partial charge >= 0.3 is 18.0 Å². The molecule has 9 heteroatoms. The van der Waals surface area contributed by atoms with Gasteiger partial charge in [0, 0.05) is 12.6 Å². The summed E-state index contributed by atoms with van der Waals surface area (Å²) in [5, 5.41) is 12.8. The average molecular weight is 336 g/mol. The van der Waals surface area contributed by atoms with E-state index in [0.29, 0.717) is 31.0 Å². The van der Waals surface area contributed by atoms with Crippen LogP contribution in [0.25, 0.3) is 0 Å². The summed E-state index contributed by atoms with van der Waals surface area (Å²) in [6, 6.07) is 1.07. The maximum atomic E-state index is 13.5. The zero-order valence-electron chi connectivity index (χ0n) is 12.2. The minimum Gasteiger partial charge on any atom is -0.396 e. The van der Waals surface area contributed by atoms with Crippen molar-refractivity contribution in [2.45, 2.75) is 32.0 Å². The van der Waals surface area contributed by atoms with Gasteiger partial charge in [-0.25, -0.2) is 4.39 Å². The first-order valence-electron chi connectivity index (χ1n) is 6.74. The Bertz CT molecular complexity index is 576. The summed E-state index contributed by atoms with van der Waals surface area (Å²) in [6.07, 6.45) is -3.88. The lowest BCUT2D eigenvalue weighted by molar-refractivity contribution is -0.137. The highest BCUT2D eigenvalue weighted by Crippen LogP contribution is 2.31. The number of alkyl halides is 3. The first-order valence-corrected chi connectivity index (χ1v) is 6.74. The van der Waals surface area contributed by atoms with Gasteiger partial charge in [0.25, 0.3) is 0 Å². The summed E-state index contributed by atoms with van der Waals surface area (Å²) in [5.74, 6) is -3.47. The third-order valence-electron chi connectivity index (χ3n) is 2.92. The Morgan fingerprint density at radius 3 is 2.48 bits per heavy atom. The first kappa shape index (κ1) is 18.9. The molecule has 0 aliphatic rings. The van der Waals surface area contributed by atoms with Crippen LogP contribution in [0.3, 0.4) is 0 Å². The predicted octanol–water partition coefficient (Wildman–Crippen LogP) is 2.06. The second kappa shape index (κ2) is 7.91. The van der Waals surface area contributed by atoms with E-state index >= 15 is 0 Å². The van der Waals surface area contributed by atoms with E-state index in [9.17, 15) is 27.2 Å². The molecule has 0 bridgehead atoms. The van der Waals surface area contributed by atoms with Gasteiger partial charge < -0.3 is 15.7 Å². The molecule has 0 heterocycles. The Labute approximate surface area is 129 Å². The molecule has 3 N–H and O–H groups in total. The Kier molecular flexibility index (Phi) is 6.49. The third-order valence-corrected chi connectivity index (χ3v) is 2.92. The lowest BCUT2D eigenvalue weighted by atomic mass is 10.1. The van der Waals surface area contributed by atoms with Crippen molar-refractivity contribution < 1.29 is 32.3 Å². The molecular weight excluding hydrogens is 320 g/mol. The van der Waals surface area contributed by atoms with E-state index in [2.05, 4.69) is 5.32 Å². The zero-order valence-corrected chi connectivity index (χ0v) is 12.2. The van der Waals surface area contributed by atoms with E-state index in [1.54, 1.807) is 6.92 Å². The summed E-state index contributed by atoms with van der Waals surface area (Å²) < 4.78 is 51.1. The van der Waals surface area contributed by atoms with Gasteiger partial charge in [0.15, 0.2) is 0 Å². The van der Waals surface area contributed by atoms with Crippen LogP contribution in [0.15, 0.2) is 18.2 Å². The van der Waals surface area contributed by atoms with Crippen LogP contribution in [0, 0.1) is 5.82 Å². The molecule has 23 heavy (non-hydrogen) atoms. The molecule has 1 aromatic rings. The fraction of sp³-hybridized carbons (Fsp3) is 0.429. The SMILES string of the molecule is CC(CCCO)NC(=O)C(=O)Nc1cc(C(F)(F)F)ccc1F. The first-order chi connectivity index (χ1) is 10.6. The Morgan fingerprint density at radius 1 is 1.26 bits per heavy atom. The number of amides is 2. The molecular formula is C14H16F4N2O3. The van der Waals surface area contributed by atoms with E-state index in [1.165, 1.54) is 0 Å². The fourth-order valence-electron chi connectivity index (χ4n) is 1.74. The van der Waals surface area contributed by atoms with Crippen LogP contribution in [0.5, 0.6) is 0 Å². The van der Waals surface area contributed by atoms with Crippen molar-refractivity contribution in [1.82, 2.24) is 5.32 Å². The number of hydrogen-bond acceptors (Lipinski definition) is 3. The molecule has 128 valence electrons. The van der Waals surface area contributed by atoms with Gasteiger partial charge in [-0.2, -0.15) is 13.2 Å². The summed E-state index contributed by atoms with van der Waals surface area (Å²) in [5.41, 5.74) is -1.88. The number of rotatable bonds is 5. The topological polar surface area (TPSA) is 78.4 Å². The van der Waals surface area contributed by atoms with Crippen molar-refractivity contribution in [3.05, 3.63) is 29.6 Å². The van der Waals surface area contributed by atoms with Crippen LogP contribution in [-0.2, 0) is 15.8 Å². The smallest absolute Gasteiger partial charge is 0.396 e. The lowest BCUT2D eigenvalue weighted by Gasteiger charge is -2.14. The van der Waals surface area contributed by atoms with Crippen molar-refractivity contribution in [2.24, 2.45) is 0 Å². The summed E-state index contributed by atoms with van der Waals surface area (Å²) in [4.78, 5) is 23.2. The molecule has 1 unspecified atom stereocenters. The van der Waals surface area contributed by atoms with Gasteiger partial charge in [-0.3, -0.25) is 9.59 Å². The van der Waals surface area contributed by atoms with Crippen LogP contribution in [0.4, 0.5) is 23.2 Å². The van der Waals surface area contributed by atoms with Gasteiger partial charge in [-0.15, -0.1) is 0 Å². The number of benzene rings is 1. The van der Waals surface area contributed by atoms with E-state index in [-0.39, 0.29) is 6.61 Å². The second-order valence-corrected chi connectivity index (χ2v) is 4.89. The molecule has 0 radical (unpaired) electrons. The van der Waals surface area contributed by atoms with Crippen LogP contribution >= 0.6 is 0 Å². The van der Waals surface area contributed by atoms with E-state index in [0.717, 1.165) is 0 Å². The van der Waals surface area contributed by atoms with Gasteiger partial charge in [-0.05, 0) is 38.0 Å². The quantitative estimate of drug-likeness (QED) is 0.569. The van der Waals surface area contributed by atoms with Crippen molar-refractivity contribution in [2.75, 3.05) is 11.9 Å². The zero-order chi connectivity index (χ0) is 17.6. The van der Waals surface area contributed by atoms with Crippen molar-refractivity contribution in [1.29, 1.82) is 0 Å². The minimum atomic E-state index is -4.70. The summed E-state index contributed by atoms with van der Waals surface area (Å²) in [7, 11) is 0. The molecule has 0 saturated heterocycles. The number of nitrogens with one attached hydrogen (secondary N) is 2. The van der Waals surface area contributed by atoms with Crippen LogP contribution in [0.2, 0.25) is 0 Å². The standard InChI is InChI=1S/C14H16F4N2O3/c1-8(3-2-6-21)19-12(22)13(23)20-11-7-9(14(16,17)18)4-5-10(11)15/h4-5,7-8,21H,2-3,6H2,1H3,(H,19,22)(H,20,23). The molecule has 2 amide bonds. The fourth-order valence-corrected chi connectivity index (χ4v) is 1.74. The molecule has 0 aliphatic heterocycles. The van der Waals surface area contributed by atoms with Crippen molar-refractivity contribution in [3.8, 4) is 0 Å². The largest absolute Gasteiger partial charge is 0.416 e. The molecule has 1 aromatic carbocycles. The van der Waals surface area contributed by atoms with Gasteiger partial charge in [0.05, 0.1) is 11.3 Å². The highest BCUT2D eigenvalue weighted by Gasteiger charge is 2.31. The number of anilines is 1. The molecule has 0 spiro atoms. The number of aliphatic hydroxyl groups is 1. The molecule has 0 aromatic heterocycles.